The van der Waals surface area contributed by atoms with Gasteiger partial charge in [-0.2, -0.15) is 5.26 Å². The van der Waals surface area contributed by atoms with Crippen molar-refractivity contribution in [3.8, 4) is 11.8 Å². The lowest BCUT2D eigenvalue weighted by molar-refractivity contribution is -0.112. The maximum atomic E-state index is 12.4. The van der Waals surface area contributed by atoms with Gasteiger partial charge in [0.05, 0.1) is 12.8 Å². The van der Waals surface area contributed by atoms with Gasteiger partial charge in [-0.25, -0.2) is 0 Å². The fourth-order valence-electron chi connectivity index (χ4n) is 2.40. The first-order chi connectivity index (χ1) is 11.9. The highest BCUT2D eigenvalue weighted by Gasteiger charge is 2.12. The molecule has 2 aromatic carbocycles. The topological polar surface area (TPSA) is 62.1 Å². The van der Waals surface area contributed by atoms with Crippen molar-refractivity contribution in [3.05, 3.63) is 64.7 Å². The zero-order valence-electron chi connectivity index (χ0n) is 15.0. The number of ether oxygens (including phenoxy) is 1. The van der Waals surface area contributed by atoms with E-state index in [1.165, 1.54) is 12.7 Å². The van der Waals surface area contributed by atoms with E-state index in [2.05, 4.69) is 19.2 Å². The van der Waals surface area contributed by atoms with Gasteiger partial charge >= 0.3 is 0 Å². The summed E-state index contributed by atoms with van der Waals surface area (Å²) in [5.41, 5.74) is 3.60. The van der Waals surface area contributed by atoms with E-state index in [1.807, 2.05) is 49.4 Å². The van der Waals surface area contributed by atoms with Crippen molar-refractivity contribution >= 4 is 17.7 Å². The summed E-state index contributed by atoms with van der Waals surface area (Å²) in [6.45, 7) is 6.16. The van der Waals surface area contributed by atoms with E-state index in [4.69, 9.17) is 4.74 Å². The SMILES string of the molecule is COc1ccc(C)cc1NC(=O)/C(C#N)=C/c1ccc(C(C)C)cc1. The highest BCUT2D eigenvalue weighted by Crippen LogP contribution is 2.26. The van der Waals surface area contributed by atoms with Crippen LogP contribution in [-0.4, -0.2) is 13.0 Å². The van der Waals surface area contributed by atoms with Crippen molar-refractivity contribution in [3.63, 3.8) is 0 Å². The second-order valence-corrected chi connectivity index (χ2v) is 6.15. The number of anilines is 1. The number of carbonyl (C=O) groups is 1. The van der Waals surface area contributed by atoms with Crippen LogP contribution < -0.4 is 10.1 Å². The predicted octanol–water partition coefficient (Wildman–Crippen LogP) is 4.67. The summed E-state index contributed by atoms with van der Waals surface area (Å²) in [4.78, 5) is 12.4. The van der Waals surface area contributed by atoms with Gasteiger partial charge in [0.1, 0.15) is 17.4 Å². The Bertz CT molecular complexity index is 828. The minimum atomic E-state index is -0.459. The number of methoxy groups -OCH3 is 1. The van der Waals surface area contributed by atoms with Crippen LogP contribution in [0.5, 0.6) is 5.75 Å². The van der Waals surface area contributed by atoms with Crippen molar-refractivity contribution in [1.29, 1.82) is 5.26 Å². The van der Waals surface area contributed by atoms with Crippen LogP contribution in [0.4, 0.5) is 5.69 Å². The molecule has 0 bridgehead atoms. The van der Waals surface area contributed by atoms with E-state index in [0.29, 0.717) is 17.4 Å². The fourth-order valence-corrected chi connectivity index (χ4v) is 2.40. The van der Waals surface area contributed by atoms with Gasteiger partial charge in [0.15, 0.2) is 0 Å². The molecule has 0 saturated heterocycles. The monoisotopic (exact) mass is 334 g/mol. The quantitative estimate of drug-likeness (QED) is 0.638. The molecule has 0 radical (unpaired) electrons. The molecule has 2 rings (SSSR count). The van der Waals surface area contributed by atoms with E-state index >= 15 is 0 Å². The number of rotatable bonds is 5. The Balaban J connectivity index is 2.24. The van der Waals surface area contributed by atoms with Gasteiger partial charge in [0, 0.05) is 0 Å². The maximum Gasteiger partial charge on any atom is 0.266 e. The van der Waals surface area contributed by atoms with Gasteiger partial charge in [-0.1, -0.05) is 44.2 Å². The minimum Gasteiger partial charge on any atom is -0.495 e. The summed E-state index contributed by atoms with van der Waals surface area (Å²) in [6.07, 6.45) is 1.59. The zero-order chi connectivity index (χ0) is 18.4. The number of aryl methyl sites for hydroxylation is 1. The second kappa shape index (κ2) is 8.16. The molecule has 1 amide bonds. The molecule has 0 aliphatic heterocycles. The predicted molar refractivity (Wildman–Crippen MR) is 100 cm³/mol. The molecule has 0 unspecified atom stereocenters. The van der Waals surface area contributed by atoms with Crippen molar-refractivity contribution in [2.45, 2.75) is 26.7 Å². The Morgan fingerprint density at radius 2 is 1.88 bits per heavy atom. The highest BCUT2D eigenvalue weighted by molar-refractivity contribution is 6.10. The number of hydrogen-bond donors (Lipinski definition) is 1. The largest absolute Gasteiger partial charge is 0.495 e. The summed E-state index contributed by atoms with van der Waals surface area (Å²) >= 11 is 0. The van der Waals surface area contributed by atoms with Crippen LogP contribution >= 0.6 is 0 Å². The van der Waals surface area contributed by atoms with Crippen LogP contribution in [0.3, 0.4) is 0 Å². The van der Waals surface area contributed by atoms with Crippen LogP contribution in [0, 0.1) is 18.3 Å². The molecule has 25 heavy (non-hydrogen) atoms. The molecular weight excluding hydrogens is 312 g/mol. The number of amides is 1. The fraction of sp³-hybridized carbons (Fsp3) is 0.238. The average Bonchev–Trinajstić information content (AvgIpc) is 2.60. The van der Waals surface area contributed by atoms with Crippen LogP contribution in [0.1, 0.15) is 36.5 Å². The van der Waals surface area contributed by atoms with Crippen LogP contribution in [0.2, 0.25) is 0 Å². The smallest absolute Gasteiger partial charge is 0.266 e. The highest BCUT2D eigenvalue weighted by atomic mass is 16.5. The molecule has 4 heteroatoms. The Morgan fingerprint density at radius 1 is 1.20 bits per heavy atom. The second-order valence-electron chi connectivity index (χ2n) is 6.15. The molecule has 0 heterocycles. The number of benzene rings is 2. The first-order valence-electron chi connectivity index (χ1n) is 8.12. The number of hydrogen-bond acceptors (Lipinski definition) is 3. The van der Waals surface area contributed by atoms with Gasteiger partial charge in [-0.05, 0) is 47.7 Å². The Morgan fingerprint density at radius 3 is 2.44 bits per heavy atom. The van der Waals surface area contributed by atoms with Crippen LogP contribution in [0.15, 0.2) is 48.0 Å². The van der Waals surface area contributed by atoms with Gasteiger partial charge in [0.2, 0.25) is 0 Å². The van der Waals surface area contributed by atoms with Crippen molar-refractivity contribution < 1.29 is 9.53 Å². The summed E-state index contributed by atoms with van der Waals surface area (Å²) in [5, 5.41) is 12.1. The minimum absolute atomic E-state index is 0.0425. The number of nitriles is 1. The van der Waals surface area contributed by atoms with Gasteiger partial charge in [-0.15, -0.1) is 0 Å². The Labute approximate surface area is 148 Å². The van der Waals surface area contributed by atoms with Gasteiger partial charge in [-0.3, -0.25) is 4.79 Å². The molecule has 0 aliphatic rings. The van der Waals surface area contributed by atoms with Crippen LogP contribution in [0.25, 0.3) is 6.08 Å². The van der Waals surface area contributed by atoms with E-state index in [-0.39, 0.29) is 5.57 Å². The Kier molecular flexibility index (Phi) is 5.97. The van der Waals surface area contributed by atoms with E-state index < -0.39 is 5.91 Å². The molecule has 128 valence electrons. The lowest BCUT2D eigenvalue weighted by atomic mass is 10.0. The number of nitrogens with one attached hydrogen (secondary N) is 1. The zero-order valence-corrected chi connectivity index (χ0v) is 15.0. The molecule has 4 nitrogen and oxygen atoms in total. The molecule has 0 saturated carbocycles. The van der Waals surface area contributed by atoms with Gasteiger partial charge < -0.3 is 10.1 Å². The lowest BCUT2D eigenvalue weighted by Crippen LogP contribution is -2.14. The van der Waals surface area contributed by atoms with Crippen molar-refractivity contribution in [2.75, 3.05) is 12.4 Å². The molecule has 0 spiro atoms. The third-order valence-electron chi connectivity index (χ3n) is 3.88. The lowest BCUT2D eigenvalue weighted by Gasteiger charge is -2.10. The van der Waals surface area contributed by atoms with Crippen molar-refractivity contribution in [2.24, 2.45) is 0 Å². The Hall–Kier alpha value is -3.06. The first kappa shape index (κ1) is 18.3. The number of nitrogens with zero attached hydrogens (tertiary/aromatic N) is 1. The standard InChI is InChI=1S/C21H22N2O2/c1-14(2)17-8-6-16(7-9-17)12-18(13-22)21(24)23-19-11-15(3)5-10-20(19)25-4/h5-12,14H,1-4H3,(H,23,24)/b18-12+. The summed E-state index contributed by atoms with van der Waals surface area (Å²) < 4.78 is 5.25. The van der Waals surface area contributed by atoms with Crippen molar-refractivity contribution in [1.82, 2.24) is 0 Å². The average molecular weight is 334 g/mol. The molecule has 0 fully saturated rings. The first-order valence-corrected chi connectivity index (χ1v) is 8.12. The molecule has 1 N–H and O–H groups in total. The summed E-state index contributed by atoms with van der Waals surface area (Å²) in [7, 11) is 1.54. The van der Waals surface area contributed by atoms with E-state index in [9.17, 15) is 10.1 Å². The normalized spacial score (nSPS) is 11.1. The summed E-state index contributed by atoms with van der Waals surface area (Å²) in [6, 6.07) is 15.3. The summed E-state index contributed by atoms with van der Waals surface area (Å²) in [5.74, 6) is 0.530. The molecule has 0 aliphatic carbocycles. The molecular formula is C21H22N2O2. The molecule has 0 aromatic heterocycles. The van der Waals surface area contributed by atoms with E-state index in [1.54, 1.807) is 12.1 Å². The molecule has 2 aromatic rings. The molecule has 0 atom stereocenters. The maximum absolute atomic E-state index is 12.4. The third kappa shape index (κ3) is 4.71. The van der Waals surface area contributed by atoms with E-state index in [0.717, 1.165) is 11.1 Å². The van der Waals surface area contributed by atoms with Crippen LogP contribution in [-0.2, 0) is 4.79 Å². The number of carbonyl (C=O) groups excluding carboxylic acids is 1. The third-order valence-corrected chi connectivity index (χ3v) is 3.88. The van der Waals surface area contributed by atoms with Gasteiger partial charge in [0.25, 0.3) is 5.91 Å².